The number of hydrogen-bond donors (Lipinski definition) is 1. The maximum Gasteiger partial charge on any atom is 0.311 e. The van der Waals surface area contributed by atoms with E-state index in [9.17, 15) is 9.59 Å². The Morgan fingerprint density at radius 1 is 1.05 bits per heavy atom. The lowest BCUT2D eigenvalue weighted by Gasteiger charge is -2.20. The van der Waals surface area contributed by atoms with Gasteiger partial charge in [-0.25, -0.2) is 9.78 Å². The summed E-state index contributed by atoms with van der Waals surface area (Å²) in [6.07, 6.45) is 2.56. The molecule has 0 heterocycles. The van der Waals surface area contributed by atoms with Crippen molar-refractivity contribution in [3.63, 3.8) is 0 Å². The Kier molecular flexibility index (Phi) is 9.99. The van der Waals surface area contributed by atoms with E-state index in [2.05, 4.69) is 0 Å². The van der Waals surface area contributed by atoms with Crippen molar-refractivity contribution >= 4 is 11.9 Å². The van der Waals surface area contributed by atoms with E-state index < -0.39 is 17.3 Å². The van der Waals surface area contributed by atoms with Crippen molar-refractivity contribution < 1.29 is 29.2 Å². The predicted molar refractivity (Wildman–Crippen MR) is 77.6 cm³/mol. The molecule has 0 aromatic heterocycles. The van der Waals surface area contributed by atoms with E-state index in [0.29, 0.717) is 19.3 Å². The number of hydrogen-bond acceptors (Lipinski definition) is 5. The Morgan fingerprint density at radius 2 is 1.67 bits per heavy atom. The van der Waals surface area contributed by atoms with Crippen molar-refractivity contribution in [3.8, 4) is 0 Å². The van der Waals surface area contributed by atoms with E-state index in [1.807, 2.05) is 27.7 Å². The van der Waals surface area contributed by atoms with Gasteiger partial charge in [0.2, 0.25) is 0 Å². The summed E-state index contributed by atoms with van der Waals surface area (Å²) < 4.78 is 5.06. The summed E-state index contributed by atoms with van der Waals surface area (Å²) in [5.74, 6) is -1.47. The highest BCUT2D eigenvalue weighted by Gasteiger charge is 2.26. The lowest BCUT2D eigenvalue weighted by Crippen LogP contribution is -2.27. The van der Waals surface area contributed by atoms with Gasteiger partial charge >= 0.3 is 11.9 Å². The number of carbonyl (C=O) groups is 2. The lowest BCUT2D eigenvalue weighted by molar-refractivity contribution is -0.299. The van der Waals surface area contributed by atoms with Crippen LogP contribution in [0.5, 0.6) is 0 Å². The SMILES string of the molecule is CCCC(CCOOCCOC(=O)C(C)(C)CC)C(=O)O. The van der Waals surface area contributed by atoms with Crippen molar-refractivity contribution in [1.82, 2.24) is 0 Å². The van der Waals surface area contributed by atoms with E-state index >= 15 is 0 Å². The normalized spacial score (nSPS) is 13.0. The molecule has 0 aromatic carbocycles. The van der Waals surface area contributed by atoms with E-state index in [-0.39, 0.29) is 25.8 Å². The number of carboxylic acid groups (broad SMARTS) is 1. The van der Waals surface area contributed by atoms with Gasteiger partial charge < -0.3 is 9.84 Å². The minimum atomic E-state index is -0.809. The summed E-state index contributed by atoms with van der Waals surface area (Å²) in [7, 11) is 0. The maximum atomic E-state index is 11.6. The van der Waals surface area contributed by atoms with Crippen molar-refractivity contribution in [2.24, 2.45) is 11.3 Å². The highest BCUT2D eigenvalue weighted by molar-refractivity contribution is 5.75. The molecule has 1 atom stereocenters. The summed E-state index contributed by atoms with van der Waals surface area (Å²) in [6, 6.07) is 0. The van der Waals surface area contributed by atoms with Crippen LogP contribution in [-0.2, 0) is 24.1 Å². The van der Waals surface area contributed by atoms with E-state index in [1.165, 1.54) is 0 Å². The molecule has 0 bridgehead atoms. The van der Waals surface area contributed by atoms with Gasteiger partial charge in [0.25, 0.3) is 0 Å². The number of carboxylic acids is 1. The molecule has 0 amide bonds. The van der Waals surface area contributed by atoms with Gasteiger partial charge in [0.05, 0.1) is 17.9 Å². The van der Waals surface area contributed by atoms with Crippen molar-refractivity contribution in [1.29, 1.82) is 0 Å². The summed E-state index contributed by atoms with van der Waals surface area (Å²) in [5.41, 5.74) is -0.490. The topological polar surface area (TPSA) is 82.1 Å². The van der Waals surface area contributed by atoms with Crippen LogP contribution < -0.4 is 0 Å². The molecular weight excluding hydrogens is 276 g/mol. The summed E-state index contributed by atoms with van der Waals surface area (Å²) in [6.45, 7) is 8.00. The molecule has 21 heavy (non-hydrogen) atoms. The van der Waals surface area contributed by atoms with Crippen molar-refractivity contribution in [2.75, 3.05) is 19.8 Å². The second kappa shape index (κ2) is 10.6. The Bertz CT molecular complexity index is 313. The maximum absolute atomic E-state index is 11.6. The number of carbonyl (C=O) groups excluding carboxylic acids is 1. The van der Waals surface area contributed by atoms with Gasteiger partial charge in [-0.1, -0.05) is 20.3 Å². The Morgan fingerprint density at radius 3 is 2.19 bits per heavy atom. The molecule has 0 rings (SSSR count). The van der Waals surface area contributed by atoms with E-state index in [4.69, 9.17) is 19.6 Å². The monoisotopic (exact) mass is 304 g/mol. The van der Waals surface area contributed by atoms with Gasteiger partial charge in [-0.2, -0.15) is 0 Å². The zero-order chi connectivity index (χ0) is 16.3. The summed E-state index contributed by atoms with van der Waals surface area (Å²) in [5, 5.41) is 8.95. The molecule has 0 fully saturated rings. The van der Waals surface area contributed by atoms with Crippen LogP contribution in [-0.4, -0.2) is 36.9 Å². The van der Waals surface area contributed by atoms with Crippen molar-refractivity contribution in [3.05, 3.63) is 0 Å². The summed E-state index contributed by atoms with van der Waals surface area (Å²) in [4.78, 5) is 32.3. The molecule has 0 saturated heterocycles. The van der Waals surface area contributed by atoms with Crippen LogP contribution in [0.2, 0.25) is 0 Å². The average Bonchev–Trinajstić information content (AvgIpc) is 2.44. The molecule has 6 nitrogen and oxygen atoms in total. The van der Waals surface area contributed by atoms with Crippen LogP contribution in [0.4, 0.5) is 0 Å². The second-order valence-electron chi connectivity index (χ2n) is 5.63. The Balaban J connectivity index is 3.65. The number of ether oxygens (including phenoxy) is 1. The zero-order valence-corrected chi connectivity index (χ0v) is 13.5. The fourth-order valence-electron chi connectivity index (χ4n) is 1.56. The molecule has 0 spiro atoms. The average molecular weight is 304 g/mol. The van der Waals surface area contributed by atoms with E-state index in [1.54, 1.807) is 0 Å². The third-order valence-electron chi connectivity index (χ3n) is 3.46. The Labute approximate surface area is 126 Å². The zero-order valence-electron chi connectivity index (χ0n) is 13.5. The molecule has 1 N–H and O–H groups in total. The first-order valence-electron chi connectivity index (χ1n) is 7.49. The number of rotatable bonds is 12. The standard InChI is InChI=1S/C15H28O6/c1-5-7-12(13(16)17)8-9-20-21-11-10-19-14(18)15(3,4)6-2/h12H,5-11H2,1-4H3,(H,16,17). The molecule has 6 heteroatoms. The molecule has 0 aliphatic heterocycles. The largest absolute Gasteiger partial charge is 0.481 e. The fourth-order valence-corrected chi connectivity index (χ4v) is 1.56. The molecule has 124 valence electrons. The molecule has 0 saturated carbocycles. The molecule has 0 aliphatic carbocycles. The Hall–Kier alpha value is -1.14. The first kappa shape index (κ1) is 19.9. The molecule has 1 unspecified atom stereocenters. The summed E-state index contributed by atoms with van der Waals surface area (Å²) >= 11 is 0. The first-order chi connectivity index (χ1) is 9.85. The van der Waals surface area contributed by atoms with Gasteiger partial charge in [-0.3, -0.25) is 9.59 Å². The van der Waals surface area contributed by atoms with Gasteiger partial charge in [0.1, 0.15) is 13.2 Å². The van der Waals surface area contributed by atoms with Gasteiger partial charge in [0.15, 0.2) is 0 Å². The second-order valence-corrected chi connectivity index (χ2v) is 5.63. The van der Waals surface area contributed by atoms with Crippen LogP contribution >= 0.6 is 0 Å². The highest BCUT2D eigenvalue weighted by atomic mass is 17.2. The van der Waals surface area contributed by atoms with Gasteiger partial charge in [0, 0.05) is 0 Å². The third kappa shape index (κ3) is 8.67. The van der Waals surface area contributed by atoms with E-state index in [0.717, 1.165) is 6.42 Å². The number of esters is 1. The molecule has 0 aromatic rings. The van der Waals surface area contributed by atoms with Crippen LogP contribution in [0.15, 0.2) is 0 Å². The third-order valence-corrected chi connectivity index (χ3v) is 3.46. The van der Waals surface area contributed by atoms with Crippen LogP contribution in [0, 0.1) is 11.3 Å². The first-order valence-corrected chi connectivity index (χ1v) is 7.49. The minimum absolute atomic E-state index is 0.125. The van der Waals surface area contributed by atoms with Crippen LogP contribution in [0.25, 0.3) is 0 Å². The van der Waals surface area contributed by atoms with Crippen molar-refractivity contribution in [2.45, 2.75) is 53.4 Å². The molecular formula is C15H28O6. The lowest BCUT2D eigenvalue weighted by atomic mass is 9.91. The van der Waals surface area contributed by atoms with Gasteiger partial charge in [-0.05, 0) is 33.1 Å². The fraction of sp³-hybridized carbons (Fsp3) is 0.867. The number of aliphatic carboxylic acids is 1. The molecule has 0 aliphatic rings. The minimum Gasteiger partial charge on any atom is -0.481 e. The quantitative estimate of drug-likeness (QED) is 0.258. The molecule has 0 radical (unpaired) electrons. The smallest absolute Gasteiger partial charge is 0.311 e. The highest BCUT2D eigenvalue weighted by Crippen LogP contribution is 2.21. The van der Waals surface area contributed by atoms with Gasteiger partial charge in [-0.15, -0.1) is 0 Å². The predicted octanol–water partition coefficient (Wildman–Crippen LogP) is 2.81. The van der Waals surface area contributed by atoms with Crippen LogP contribution in [0.3, 0.4) is 0 Å². The van der Waals surface area contributed by atoms with Crippen LogP contribution in [0.1, 0.15) is 53.4 Å².